The fraction of sp³-hybridized carbons (Fsp3) is 0.417. The molecule has 1 aliphatic heterocycles. The van der Waals surface area contributed by atoms with Gasteiger partial charge in [-0.25, -0.2) is 0 Å². The van der Waals surface area contributed by atoms with E-state index in [1.807, 2.05) is 19.1 Å². The van der Waals surface area contributed by atoms with E-state index >= 15 is 0 Å². The second-order valence-corrected chi connectivity index (χ2v) is 4.21. The fourth-order valence-corrected chi connectivity index (χ4v) is 1.81. The first-order valence-electron chi connectivity index (χ1n) is 5.30. The Balaban J connectivity index is 2.11. The molecule has 1 aromatic carbocycles. The van der Waals surface area contributed by atoms with Crippen molar-refractivity contribution in [3.8, 4) is 0 Å². The Morgan fingerprint density at radius 3 is 2.19 bits per heavy atom. The van der Waals surface area contributed by atoms with Crippen molar-refractivity contribution in [2.75, 3.05) is 13.1 Å². The van der Waals surface area contributed by atoms with Crippen molar-refractivity contribution >= 4 is 5.91 Å². The van der Waals surface area contributed by atoms with Crippen LogP contribution >= 0.6 is 0 Å². The molecule has 0 spiro atoms. The zero-order valence-electron chi connectivity index (χ0n) is 9.13. The lowest BCUT2D eigenvalue weighted by atomic mass is 10.1. The van der Waals surface area contributed by atoms with Crippen molar-refractivity contribution in [1.29, 1.82) is 0 Å². The lowest BCUT2D eigenvalue weighted by Gasteiger charge is -2.15. The molecule has 1 heterocycles. The summed E-state index contributed by atoms with van der Waals surface area (Å²) in [6.45, 7) is 2.36. The highest BCUT2D eigenvalue weighted by Crippen LogP contribution is 2.14. The van der Waals surface area contributed by atoms with Gasteiger partial charge in [0.1, 0.15) is 0 Å². The van der Waals surface area contributed by atoms with Crippen LogP contribution in [-0.2, 0) is 0 Å². The number of hydrogen-bond donors (Lipinski definition) is 2. The van der Waals surface area contributed by atoms with Crippen LogP contribution in [0.15, 0.2) is 24.3 Å². The van der Waals surface area contributed by atoms with Gasteiger partial charge in [0, 0.05) is 18.7 Å². The number of likely N-dealkylation sites (tertiary alicyclic amines) is 1. The maximum Gasteiger partial charge on any atom is 0.254 e. The zero-order valence-corrected chi connectivity index (χ0v) is 9.13. The van der Waals surface area contributed by atoms with Crippen molar-refractivity contribution in [2.24, 2.45) is 0 Å². The lowest BCUT2D eigenvalue weighted by molar-refractivity contribution is 0.0572. The molecule has 1 fully saturated rings. The highest BCUT2D eigenvalue weighted by Gasteiger charge is 2.32. The quantitative estimate of drug-likeness (QED) is 0.710. The highest BCUT2D eigenvalue weighted by atomic mass is 16.3. The lowest BCUT2D eigenvalue weighted by Crippen LogP contribution is -2.29. The third-order valence-corrected chi connectivity index (χ3v) is 2.84. The molecule has 4 nitrogen and oxygen atoms in total. The van der Waals surface area contributed by atoms with E-state index in [0.717, 1.165) is 5.56 Å². The number of carbonyl (C=O) groups excluding carboxylic acids is 1. The summed E-state index contributed by atoms with van der Waals surface area (Å²) < 4.78 is 0. The van der Waals surface area contributed by atoms with E-state index < -0.39 is 12.2 Å². The number of benzene rings is 1. The number of amides is 1. The van der Waals surface area contributed by atoms with Crippen LogP contribution in [0.2, 0.25) is 0 Å². The van der Waals surface area contributed by atoms with E-state index in [4.69, 9.17) is 0 Å². The summed E-state index contributed by atoms with van der Waals surface area (Å²) in [6, 6.07) is 7.26. The summed E-state index contributed by atoms with van der Waals surface area (Å²) in [5, 5.41) is 18.7. The number of rotatable bonds is 1. The standard InChI is InChI=1S/C12H15NO3/c1-8-2-4-9(5-3-8)12(16)13-6-10(14)11(15)7-13/h2-5,10-11,14-15H,6-7H2,1H3. The number of aryl methyl sites for hydroxylation is 1. The number of hydrogen-bond acceptors (Lipinski definition) is 3. The Kier molecular flexibility index (Phi) is 2.94. The van der Waals surface area contributed by atoms with Crippen molar-refractivity contribution in [3.63, 3.8) is 0 Å². The summed E-state index contributed by atoms with van der Waals surface area (Å²) >= 11 is 0. The van der Waals surface area contributed by atoms with Crippen LogP contribution in [0.4, 0.5) is 0 Å². The first kappa shape index (κ1) is 11.1. The van der Waals surface area contributed by atoms with E-state index in [9.17, 15) is 15.0 Å². The first-order chi connectivity index (χ1) is 7.58. The molecule has 0 aliphatic carbocycles. The van der Waals surface area contributed by atoms with E-state index in [1.165, 1.54) is 4.90 Å². The van der Waals surface area contributed by atoms with Crippen LogP contribution < -0.4 is 0 Å². The van der Waals surface area contributed by atoms with Gasteiger partial charge in [0.2, 0.25) is 0 Å². The molecule has 1 amide bonds. The summed E-state index contributed by atoms with van der Waals surface area (Å²) in [5.41, 5.74) is 1.69. The van der Waals surface area contributed by atoms with Gasteiger partial charge in [0.15, 0.2) is 0 Å². The topological polar surface area (TPSA) is 60.8 Å². The van der Waals surface area contributed by atoms with Gasteiger partial charge in [-0.2, -0.15) is 0 Å². The monoisotopic (exact) mass is 221 g/mol. The molecule has 86 valence electrons. The Morgan fingerprint density at radius 2 is 1.69 bits per heavy atom. The first-order valence-corrected chi connectivity index (χ1v) is 5.30. The molecule has 1 saturated heterocycles. The third kappa shape index (κ3) is 2.08. The van der Waals surface area contributed by atoms with E-state index in [2.05, 4.69) is 0 Å². The van der Waals surface area contributed by atoms with Crippen LogP contribution in [0.1, 0.15) is 15.9 Å². The molecular formula is C12H15NO3. The van der Waals surface area contributed by atoms with Crippen LogP contribution in [-0.4, -0.2) is 46.3 Å². The number of carbonyl (C=O) groups is 1. The Morgan fingerprint density at radius 1 is 1.19 bits per heavy atom. The zero-order chi connectivity index (χ0) is 11.7. The van der Waals surface area contributed by atoms with Crippen molar-refractivity contribution in [2.45, 2.75) is 19.1 Å². The van der Waals surface area contributed by atoms with Crippen LogP contribution in [0.5, 0.6) is 0 Å². The molecule has 16 heavy (non-hydrogen) atoms. The highest BCUT2D eigenvalue weighted by molar-refractivity contribution is 5.94. The van der Waals surface area contributed by atoms with E-state index in [0.29, 0.717) is 5.56 Å². The number of aliphatic hydroxyl groups is 2. The summed E-state index contributed by atoms with van der Waals surface area (Å²) in [6.07, 6.45) is -1.65. The van der Waals surface area contributed by atoms with Gasteiger partial charge >= 0.3 is 0 Å². The summed E-state index contributed by atoms with van der Waals surface area (Å²) in [7, 11) is 0. The third-order valence-electron chi connectivity index (χ3n) is 2.84. The van der Waals surface area contributed by atoms with Crippen molar-refractivity contribution in [3.05, 3.63) is 35.4 Å². The number of β-amino-alcohol motifs (C(OH)–C–C–N with tert-alkyl or cyclic N) is 2. The molecule has 0 bridgehead atoms. The van der Waals surface area contributed by atoms with Crippen molar-refractivity contribution < 1.29 is 15.0 Å². The van der Waals surface area contributed by atoms with E-state index in [1.54, 1.807) is 12.1 Å². The molecule has 2 unspecified atom stereocenters. The van der Waals surface area contributed by atoms with Gasteiger partial charge in [-0.3, -0.25) is 4.79 Å². The molecule has 4 heteroatoms. The minimum atomic E-state index is -0.825. The second kappa shape index (κ2) is 4.23. The second-order valence-electron chi connectivity index (χ2n) is 4.21. The predicted octanol–water partition coefficient (Wildman–Crippen LogP) is 0.173. The molecule has 1 aromatic rings. The maximum atomic E-state index is 12.0. The maximum absolute atomic E-state index is 12.0. The van der Waals surface area contributed by atoms with Gasteiger partial charge < -0.3 is 15.1 Å². The smallest absolute Gasteiger partial charge is 0.254 e. The van der Waals surface area contributed by atoms with Crippen LogP contribution in [0.25, 0.3) is 0 Å². The summed E-state index contributed by atoms with van der Waals surface area (Å²) in [5.74, 6) is -0.143. The summed E-state index contributed by atoms with van der Waals surface area (Å²) in [4.78, 5) is 13.4. The Hall–Kier alpha value is -1.39. The normalized spacial score (nSPS) is 24.8. The van der Waals surface area contributed by atoms with Gasteiger partial charge in [0.05, 0.1) is 12.2 Å². The molecule has 2 atom stereocenters. The minimum Gasteiger partial charge on any atom is -0.388 e. The molecule has 1 aliphatic rings. The van der Waals surface area contributed by atoms with Crippen LogP contribution in [0, 0.1) is 6.92 Å². The molecule has 2 N–H and O–H groups in total. The number of aliphatic hydroxyl groups excluding tert-OH is 2. The predicted molar refractivity (Wildman–Crippen MR) is 59.1 cm³/mol. The van der Waals surface area contributed by atoms with Gasteiger partial charge in [-0.05, 0) is 19.1 Å². The van der Waals surface area contributed by atoms with Crippen LogP contribution in [0.3, 0.4) is 0 Å². The largest absolute Gasteiger partial charge is 0.388 e. The van der Waals surface area contributed by atoms with Gasteiger partial charge in [-0.1, -0.05) is 17.7 Å². The Bertz CT molecular complexity index is 378. The SMILES string of the molecule is Cc1ccc(C(=O)N2CC(O)C(O)C2)cc1. The fourth-order valence-electron chi connectivity index (χ4n) is 1.81. The van der Waals surface area contributed by atoms with Gasteiger partial charge in [0.25, 0.3) is 5.91 Å². The molecule has 2 rings (SSSR count). The van der Waals surface area contributed by atoms with Gasteiger partial charge in [-0.15, -0.1) is 0 Å². The molecule has 0 saturated carbocycles. The minimum absolute atomic E-state index is 0.143. The number of nitrogens with zero attached hydrogens (tertiary/aromatic N) is 1. The Labute approximate surface area is 94.1 Å². The average molecular weight is 221 g/mol. The average Bonchev–Trinajstić information content (AvgIpc) is 2.59. The van der Waals surface area contributed by atoms with E-state index in [-0.39, 0.29) is 19.0 Å². The molecular weight excluding hydrogens is 206 g/mol. The molecule has 0 aromatic heterocycles. The van der Waals surface area contributed by atoms with Crippen molar-refractivity contribution in [1.82, 2.24) is 4.90 Å². The molecule has 0 radical (unpaired) electrons.